The minimum Gasteiger partial charge on any atom is -0.496 e. The molecule has 0 aliphatic carbocycles. The van der Waals surface area contributed by atoms with Gasteiger partial charge in [0.25, 0.3) is 0 Å². The van der Waals surface area contributed by atoms with Gasteiger partial charge in [0.2, 0.25) is 0 Å². The van der Waals surface area contributed by atoms with E-state index >= 15 is 0 Å². The van der Waals surface area contributed by atoms with Gasteiger partial charge in [0.05, 0.1) is 7.11 Å². The van der Waals surface area contributed by atoms with E-state index in [9.17, 15) is 0 Å². The quantitative estimate of drug-likeness (QED) is 0.796. The van der Waals surface area contributed by atoms with Crippen LogP contribution in [-0.2, 0) is 6.42 Å². The number of ether oxygens (including phenoxy) is 1. The maximum Gasteiger partial charge on any atom is 0.122 e. The number of hydrogen-bond acceptors (Lipinski definition) is 3. The van der Waals surface area contributed by atoms with Crippen molar-refractivity contribution in [1.29, 1.82) is 0 Å². The topological polar surface area (TPSA) is 24.5 Å². The van der Waals surface area contributed by atoms with E-state index < -0.39 is 0 Å². The largest absolute Gasteiger partial charge is 0.496 e. The molecule has 16 heavy (non-hydrogen) atoms. The lowest BCUT2D eigenvalue weighted by atomic mass is 10.1. The summed E-state index contributed by atoms with van der Waals surface area (Å²) in [4.78, 5) is 2.25. The second-order valence-electron chi connectivity index (χ2n) is 3.87. The van der Waals surface area contributed by atoms with E-state index in [4.69, 9.17) is 4.74 Å². The first-order valence-corrected chi connectivity index (χ1v) is 5.75. The number of anilines is 1. The van der Waals surface area contributed by atoms with Gasteiger partial charge in [-0.05, 0) is 37.2 Å². The van der Waals surface area contributed by atoms with Crippen molar-refractivity contribution >= 4 is 5.69 Å². The summed E-state index contributed by atoms with van der Waals surface area (Å²) in [6, 6.07) is 6.35. The van der Waals surface area contributed by atoms with E-state index in [0.29, 0.717) is 0 Å². The molecule has 0 amide bonds. The van der Waals surface area contributed by atoms with Gasteiger partial charge >= 0.3 is 0 Å². The molecule has 0 saturated heterocycles. The average molecular weight is 222 g/mol. The Bertz CT molecular complexity index is 326. The normalized spacial score (nSPS) is 10.2. The third-order valence-corrected chi connectivity index (χ3v) is 2.78. The van der Waals surface area contributed by atoms with Gasteiger partial charge in [-0.1, -0.05) is 6.92 Å². The maximum absolute atomic E-state index is 5.32. The molecule has 0 heterocycles. The second-order valence-corrected chi connectivity index (χ2v) is 3.87. The molecule has 1 aromatic rings. The van der Waals surface area contributed by atoms with Gasteiger partial charge in [-0.25, -0.2) is 0 Å². The first-order valence-electron chi connectivity index (χ1n) is 5.75. The van der Waals surface area contributed by atoms with Crippen LogP contribution in [0.3, 0.4) is 0 Å². The lowest BCUT2D eigenvalue weighted by Crippen LogP contribution is -2.27. The summed E-state index contributed by atoms with van der Waals surface area (Å²) in [7, 11) is 5.80. The smallest absolute Gasteiger partial charge is 0.122 e. The fraction of sp³-hybridized carbons (Fsp3) is 0.538. The van der Waals surface area contributed by atoms with E-state index in [1.165, 1.54) is 11.3 Å². The zero-order valence-electron chi connectivity index (χ0n) is 10.7. The molecule has 0 radical (unpaired) electrons. The molecule has 3 nitrogen and oxygen atoms in total. The van der Waals surface area contributed by atoms with Crippen molar-refractivity contribution < 1.29 is 4.74 Å². The third-order valence-electron chi connectivity index (χ3n) is 2.78. The zero-order valence-corrected chi connectivity index (χ0v) is 10.7. The number of aryl methyl sites for hydroxylation is 1. The fourth-order valence-electron chi connectivity index (χ4n) is 1.69. The van der Waals surface area contributed by atoms with Crippen LogP contribution in [0.25, 0.3) is 0 Å². The number of nitrogens with one attached hydrogen (secondary N) is 1. The Morgan fingerprint density at radius 3 is 2.69 bits per heavy atom. The predicted octanol–water partition coefficient (Wildman–Crippen LogP) is 1.91. The van der Waals surface area contributed by atoms with Crippen molar-refractivity contribution in [2.75, 3.05) is 39.2 Å². The Morgan fingerprint density at radius 2 is 2.12 bits per heavy atom. The molecule has 0 aliphatic heterocycles. The van der Waals surface area contributed by atoms with Crippen molar-refractivity contribution in [3.05, 3.63) is 23.8 Å². The maximum atomic E-state index is 5.32. The minimum atomic E-state index is 0.980. The monoisotopic (exact) mass is 222 g/mol. The number of likely N-dealkylation sites (N-methyl/N-ethyl adjacent to an activating group) is 2. The van der Waals surface area contributed by atoms with Crippen molar-refractivity contribution in [1.82, 2.24) is 5.32 Å². The Morgan fingerprint density at radius 1 is 1.38 bits per heavy atom. The molecule has 0 aromatic heterocycles. The standard InChI is InChI=1S/C13H22N2O/c1-5-11-10-12(6-7-13(11)16-4)15(3)9-8-14-2/h6-7,10,14H,5,8-9H2,1-4H3. The molecule has 0 saturated carbocycles. The summed E-state index contributed by atoms with van der Waals surface area (Å²) in [6.45, 7) is 4.14. The molecule has 3 heteroatoms. The van der Waals surface area contributed by atoms with Gasteiger partial charge in [0, 0.05) is 25.8 Å². The van der Waals surface area contributed by atoms with Crippen LogP contribution < -0.4 is 15.0 Å². The lowest BCUT2D eigenvalue weighted by Gasteiger charge is -2.20. The van der Waals surface area contributed by atoms with E-state index in [2.05, 4.69) is 36.3 Å². The molecular formula is C13H22N2O. The fourth-order valence-corrected chi connectivity index (χ4v) is 1.69. The summed E-state index contributed by atoms with van der Waals surface area (Å²) < 4.78 is 5.32. The Kier molecular flexibility index (Phi) is 5.12. The molecule has 90 valence electrons. The van der Waals surface area contributed by atoms with Crippen LogP contribution in [0.5, 0.6) is 5.75 Å². The molecule has 0 atom stereocenters. The lowest BCUT2D eigenvalue weighted by molar-refractivity contribution is 0.410. The van der Waals surface area contributed by atoms with Crippen LogP contribution in [-0.4, -0.2) is 34.3 Å². The first-order chi connectivity index (χ1) is 7.72. The van der Waals surface area contributed by atoms with Crippen molar-refractivity contribution in [2.45, 2.75) is 13.3 Å². The highest BCUT2D eigenvalue weighted by atomic mass is 16.5. The highest BCUT2D eigenvalue weighted by Crippen LogP contribution is 2.24. The van der Waals surface area contributed by atoms with E-state index in [1.54, 1.807) is 7.11 Å². The minimum absolute atomic E-state index is 0.980. The molecule has 1 rings (SSSR count). The number of methoxy groups -OCH3 is 1. The Hall–Kier alpha value is -1.22. The van der Waals surface area contributed by atoms with Crippen LogP contribution in [0.15, 0.2) is 18.2 Å². The molecule has 0 bridgehead atoms. The van der Waals surface area contributed by atoms with Crippen LogP contribution in [0.4, 0.5) is 5.69 Å². The number of rotatable bonds is 6. The molecule has 0 fully saturated rings. The number of hydrogen-bond donors (Lipinski definition) is 1. The van der Waals surface area contributed by atoms with Gasteiger partial charge in [0.1, 0.15) is 5.75 Å². The van der Waals surface area contributed by atoms with Gasteiger partial charge in [0.15, 0.2) is 0 Å². The van der Waals surface area contributed by atoms with Gasteiger partial charge in [-0.3, -0.25) is 0 Å². The summed E-state index contributed by atoms with van der Waals surface area (Å²) >= 11 is 0. The molecule has 1 N–H and O–H groups in total. The highest BCUT2D eigenvalue weighted by molar-refractivity contribution is 5.52. The van der Waals surface area contributed by atoms with Crippen LogP contribution in [0, 0.1) is 0 Å². The summed E-state index contributed by atoms with van der Waals surface area (Å²) in [6.07, 6.45) is 0.997. The Labute approximate surface area is 98.4 Å². The molecule has 0 spiro atoms. The molecule has 0 unspecified atom stereocenters. The average Bonchev–Trinajstić information content (AvgIpc) is 2.34. The highest BCUT2D eigenvalue weighted by Gasteiger charge is 2.05. The van der Waals surface area contributed by atoms with E-state index in [-0.39, 0.29) is 0 Å². The van der Waals surface area contributed by atoms with Crippen molar-refractivity contribution in [3.8, 4) is 5.75 Å². The van der Waals surface area contributed by atoms with Crippen LogP contribution >= 0.6 is 0 Å². The van der Waals surface area contributed by atoms with Crippen molar-refractivity contribution in [2.24, 2.45) is 0 Å². The third kappa shape index (κ3) is 3.14. The predicted molar refractivity (Wildman–Crippen MR) is 69.6 cm³/mol. The van der Waals surface area contributed by atoms with Crippen LogP contribution in [0.1, 0.15) is 12.5 Å². The second kappa shape index (κ2) is 6.38. The molecule has 1 aromatic carbocycles. The summed E-state index contributed by atoms with van der Waals surface area (Å²) in [5, 5.41) is 3.15. The zero-order chi connectivity index (χ0) is 12.0. The van der Waals surface area contributed by atoms with Gasteiger partial charge < -0.3 is 15.0 Å². The summed E-state index contributed by atoms with van der Waals surface area (Å²) in [5.74, 6) is 0.980. The SMILES string of the molecule is CCc1cc(N(C)CCNC)ccc1OC. The molecule has 0 aliphatic rings. The van der Waals surface area contributed by atoms with Crippen LogP contribution in [0.2, 0.25) is 0 Å². The van der Waals surface area contributed by atoms with E-state index in [0.717, 1.165) is 25.3 Å². The van der Waals surface area contributed by atoms with E-state index in [1.807, 2.05) is 13.1 Å². The summed E-state index contributed by atoms with van der Waals surface area (Å²) in [5.41, 5.74) is 2.50. The first kappa shape index (κ1) is 12.8. The van der Waals surface area contributed by atoms with Crippen molar-refractivity contribution in [3.63, 3.8) is 0 Å². The Balaban J connectivity index is 2.81. The van der Waals surface area contributed by atoms with Gasteiger partial charge in [-0.15, -0.1) is 0 Å². The molecular weight excluding hydrogens is 200 g/mol. The number of nitrogens with zero attached hydrogens (tertiary/aromatic N) is 1. The number of benzene rings is 1. The van der Waals surface area contributed by atoms with Gasteiger partial charge in [-0.2, -0.15) is 0 Å².